The first-order chi connectivity index (χ1) is 40.7. The fourth-order valence-electron chi connectivity index (χ4n) is 10.6. The maximum atomic E-state index is 14.2. The summed E-state index contributed by atoms with van der Waals surface area (Å²) in [5, 5.41) is 23.5. The van der Waals surface area contributed by atoms with Crippen molar-refractivity contribution in [3.63, 3.8) is 0 Å². The van der Waals surface area contributed by atoms with E-state index in [4.69, 9.17) is 68.2 Å². The number of phosphoric acid groups is 2. The van der Waals surface area contributed by atoms with E-state index in [2.05, 4.69) is 51.8 Å². The van der Waals surface area contributed by atoms with Crippen LogP contribution in [0.3, 0.4) is 0 Å². The van der Waals surface area contributed by atoms with Crippen molar-refractivity contribution < 1.29 is 94.4 Å². The van der Waals surface area contributed by atoms with Crippen LogP contribution in [0.15, 0.2) is 38.0 Å². The molecule has 4 fully saturated rings. The summed E-state index contributed by atoms with van der Waals surface area (Å²) < 4.78 is 109. The first-order valence-electron chi connectivity index (χ1n) is 27.1. The highest BCUT2D eigenvalue weighted by Crippen LogP contribution is 2.57. The van der Waals surface area contributed by atoms with E-state index in [1.165, 1.54) is 52.5 Å². The molecule has 0 saturated carbocycles. The Labute approximate surface area is 487 Å². The number of fused-ring (bicyclic) bond motifs is 4. The molecular weight excluding hydrogens is 1210 g/mol. The summed E-state index contributed by atoms with van der Waals surface area (Å²) in [6.45, 7) is -4.58. The highest BCUT2D eigenvalue weighted by molar-refractivity contribution is 8.54. The van der Waals surface area contributed by atoms with Gasteiger partial charge < -0.3 is 70.5 Å². The topological polar surface area (TPSA) is 480 Å². The molecule has 6 aromatic heterocycles. The van der Waals surface area contributed by atoms with Gasteiger partial charge in [-0.05, 0) is 30.6 Å². The van der Waals surface area contributed by atoms with Crippen LogP contribution in [0.25, 0.3) is 33.5 Å². The first-order valence-corrected chi connectivity index (χ1v) is 33.3. The van der Waals surface area contributed by atoms with Gasteiger partial charge in [-0.2, -0.15) is 0 Å². The molecule has 85 heavy (non-hydrogen) atoms. The second-order valence-corrected chi connectivity index (χ2v) is 27.2. The van der Waals surface area contributed by atoms with Crippen LogP contribution in [-0.4, -0.2) is 190 Å². The Bertz CT molecular complexity index is 3450. The number of nitrogens with zero attached hydrogens (tertiary/aromatic N) is 12. The Morgan fingerprint density at radius 1 is 0.682 bits per heavy atom. The van der Waals surface area contributed by atoms with E-state index in [1.807, 2.05) is 0 Å². The first kappa shape index (κ1) is 63.0. The Balaban J connectivity index is 0.817. The van der Waals surface area contributed by atoms with Crippen LogP contribution in [0.2, 0.25) is 0 Å². The number of hydrogen-bond donors (Lipinski definition) is 8. The number of hydrogen-bond acceptors (Lipinski definition) is 30. The average Bonchev–Trinajstić information content (AvgIpc) is 1.81. The molecule has 4 saturated heterocycles. The third kappa shape index (κ3) is 14.0. The second kappa shape index (κ2) is 26.7. The van der Waals surface area contributed by atoms with E-state index >= 15 is 0 Å². The van der Waals surface area contributed by atoms with Gasteiger partial charge in [0.15, 0.2) is 53.1 Å². The number of ether oxygens (including phenoxy) is 6. The highest BCUT2D eigenvalue weighted by Gasteiger charge is 2.60. The Morgan fingerprint density at radius 2 is 1.21 bits per heavy atom. The van der Waals surface area contributed by atoms with Crippen LogP contribution >= 0.6 is 33.8 Å². The van der Waals surface area contributed by atoms with Crippen molar-refractivity contribution in [2.75, 3.05) is 63.1 Å². The zero-order valence-electron chi connectivity index (χ0n) is 45.8. The van der Waals surface area contributed by atoms with Crippen molar-refractivity contribution in [3.8, 4) is 0 Å². The van der Waals surface area contributed by atoms with Crippen molar-refractivity contribution in [2.45, 2.75) is 144 Å². The number of nitrogens with two attached hydrogens (primary N) is 3. The lowest BCUT2D eigenvalue weighted by atomic mass is 9.89. The molecule has 0 amide bonds. The van der Waals surface area contributed by atoms with E-state index in [1.54, 1.807) is 0 Å². The number of unbranched alkanes of at least 4 members (excludes halogenated alkanes) is 6. The number of aliphatic hydroxyl groups excluding tert-OH is 2. The Morgan fingerprint density at radius 3 is 1.81 bits per heavy atom. The number of anilines is 3. The van der Waals surface area contributed by atoms with Crippen LogP contribution in [-0.2, 0) is 69.5 Å². The normalized spacial score (nSPS) is 29.1. The van der Waals surface area contributed by atoms with Crippen LogP contribution in [0.4, 0.5) is 17.5 Å². The standard InChI is InChI=1S/C46H66N15O20P3S/c1-3-4-5-6-7-8-9-11-27(62)72-14-15-85-84(69,70)75-17-26-33(71-2)35(45(78-26)61-24-58-30-39(49)52-21-55-42(30)61)81-82(65,66)74-16-25-31(63)34(44(77-25)60-23-57-29-38(48)51-20-54-41(29)60)80-83(67,68)76-18-46-12-10-13-73-36(46)32(64)43(79-46)59-22-56-28-37(47)50-19-53-40(28)59/h19-26,31-36,43-45,63-64H,3-18H2,1-2H3,(H,65,66)(H,67,68)(H,69,70)(H2,47,50,53)(H2,48,51,54)(H2,49,52,55)/t25-,26-,31+,32?,33+,34?,35?,36-,43-,44-,45-,46-/m1/s1. The van der Waals surface area contributed by atoms with Crippen molar-refractivity contribution in [1.29, 1.82) is 0 Å². The number of esters is 1. The smallest absolute Gasteiger partial charge is 0.465 e. The molecular formula is C46H66N15O20P3S. The summed E-state index contributed by atoms with van der Waals surface area (Å²) in [5.74, 6) is -0.509. The Hall–Kier alpha value is -5.04. The van der Waals surface area contributed by atoms with Crippen molar-refractivity contribution >= 4 is 90.7 Å². The quantitative estimate of drug-likeness (QED) is 0.0190. The van der Waals surface area contributed by atoms with Crippen molar-refractivity contribution in [3.05, 3.63) is 38.0 Å². The van der Waals surface area contributed by atoms with Crippen LogP contribution < -0.4 is 17.2 Å². The summed E-state index contributed by atoms with van der Waals surface area (Å²) >= 11 is 0.511. The number of rotatable bonds is 29. The largest absolute Gasteiger partial charge is 0.472 e. The van der Waals surface area contributed by atoms with E-state index < -0.39 is 121 Å². The van der Waals surface area contributed by atoms with Gasteiger partial charge in [-0.1, -0.05) is 45.4 Å². The summed E-state index contributed by atoms with van der Waals surface area (Å²) in [4.78, 5) is 83.4. The number of carbonyl (C=O) groups excluding carboxylic acids is 1. The molecule has 39 heteroatoms. The summed E-state index contributed by atoms with van der Waals surface area (Å²) in [7, 11) is -9.52. The van der Waals surface area contributed by atoms with E-state index in [0.717, 1.165) is 44.8 Å². The summed E-state index contributed by atoms with van der Waals surface area (Å²) in [6, 6.07) is 0. The lowest BCUT2D eigenvalue weighted by Gasteiger charge is -2.38. The molecule has 0 aliphatic carbocycles. The Kier molecular flexibility index (Phi) is 19.8. The van der Waals surface area contributed by atoms with Gasteiger partial charge in [0, 0.05) is 25.9 Å². The van der Waals surface area contributed by atoms with Gasteiger partial charge in [0.25, 0.3) is 0 Å². The van der Waals surface area contributed by atoms with Gasteiger partial charge in [-0.3, -0.25) is 41.1 Å². The lowest BCUT2D eigenvalue weighted by molar-refractivity contribution is -0.165. The molecule has 6 aromatic rings. The maximum absolute atomic E-state index is 14.2. The molecule has 11 N–H and O–H groups in total. The van der Waals surface area contributed by atoms with Gasteiger partial charge in [0.05, 0.1) is 38.8 Å². The minimum absolute atomic E-state index is 0.0192. The predicted molar refractivity (Wildman–Crippen MR) is 295 cm³/mol. The van der Waals surface area contributed by atoms with Crippen LogP contribution in [0, 0.1) is 0 Å². The maximum Gasteiger partial charge on any atom is 0.472 e. The monoisotopic (exact) mass is 1270 g/mol. The van der Waals surface area contributed by atoms with Crippen molar-refractivity contribution in [2.24, 2.45) is 0 Å². The van der Waals surface area contributed by atoms with Gasteiger partial charge in [-0.15, -0.1) is 0 Å². The van der Waals surface area contributed by atoms with E-state index in [9.17, 15) is 43.4 Å². The fourth-order valence-corrected chi connectivity index (χ4v) is 14.7. The second-order valence-electron chi connectivity index (χ2n) is 20.4. The molecule has 0 spiro atoms. The summed E-state index contributed by atoms with van der Waals surface area (Å²) in [6.07, 6.45) is -1.36. The number of phosphoric ester groups is 2. The molecule has 10 heterocycles. The van der Waals surface area contributed by atoms with Crippen LogP contribution in [0.1, 0.15) is 89.8 Å². The SMILES string of the molecule is CCCCCCCCCC(=O)OCCSP(=O)(O)OC[C@H]1O[C@@H](n2cnc3c(N)ncnc32)C(OP(=O)(O)OC[C@H]2O[C@@H](n3cnc4c(N)ncnc43)C(OP(=O)(O)OC[C@]34CCCO[C@@H]3C(O)[C@H](n3cnc5c(N)ncnc53)O4)[C@H]2O)[C@H]1OC. The average molecular weight is 1270 g/mol. The highest BCUT2D eigenvalue weighted by atomic mass is 32.7. The molecule has 4 aliphatic heterocycles. The molecule has 4 aliphatic rings. The summed E-state index contributed by atoms with van der Waals surface area (Å²) in [5.41, 5.74) is 17.4. The number of imidazole rings is 3. The predicted octanol–water partition coefficient (Wildman–Crippen LogP) is 2.77. The molecule has 0 aromatic carbocycles. The molecule has 15 atom stereocenters. The molecule has 0 radical (unpaired) electrons. The third-order valence-corrected chi connectivity index (χ3v) is 19.7. The minimum atomic E-state index is -5.39. The minimum Gasteiger partial charge on any atom is -0.465 e. The third-order valence-electron chi connectivity index (χ3n) is 14.7. The zero-order chi connectivity index (χ0) is 60.3. The van der Waals surface area contributed by atoms with Gasteiger partial charge in [-0.25, -0.2) is 58.6 Å². The number of carbonyl (C=O) groups is 1. The fraction of sp³-hybridized carbons (Fsp3) is 0.652. The number of methoxy groups -OCH3 is 1. The number of aliphatic hydroxyl groups is 2. The number of aromatic nitrogens is 12. The number of nitrogen functional groups attached to an aromatic ring is 3. The van der Waals surface area contributed by atoms with Gasteiger partial charge in [0.2, 0.25) is 0 Å². The van der Waals surface area contributed by atoms with Gasteiger partial charge in [0.1, 0.15) is 96.6 Å². The van der Waals surface area contributed by atoms with E-state index in [-0.39, 0.29) is 82.8 Å². The van der Waals surface area contributed by atoms with Gasteiger partial charge >= 0.3 is 28.4 Å². The molecule has 10 rings (SSSR count). The zero-order valence-corrected chi connectivity index (χ0v) is 49.3. The molecule has 466 valence electrons. The molecule has 0 bridgehead atoms. The lowest BCUT2D eigenvalue weighted by Crippen LogP contribution is -2.51. The van der Waals surface area contributed by atoms with E-state index in [0.29, 0.717) is 24.2 Å². The van der Waals surface area contributed by atoms with Crippen LogP contribution in [0.5, 0.6) is 0 Å². The molecule has 6 unspecified atom stereocenters. The van der Waals surface area contributed by atoms with Crippen molar-refractivity contribution in [1.82, 2.24) is 58.6 Å². The molecule has 35 nitrogen and oxygen atoms in total.